The number of nitrogens with one attached hydrogen (secondary N) is 1. The van der Waals surface area contributed by atoms with Gasteiger partial charge in [0.15, 0.2) is 5.96 Å². The normalized spacial score (nSPS) is 28.6. The molecule has 2 heterocycles. The number of anilines is 1. The summed E-state index contributed by atoms with van der Waals surface area (Å²) in [5.41, 5.74) is 2.11. The van der Waals surface area contributed by atoms with E-state index in [0.29, 0.717) is 63.5 Å². The van der Waals surface area contributed by atoms with Crippen molar-refractivity contribution >= 4 is 34.2 Å². The van der Waals surface area contributed by atoms with Crippen LogP contribution in [-0.4, -0.2) is 50.8 Å². The number of benzene rings is 2. The third-order valence-corrected chi connectivity index (χ3v) is 10.9. The fraction of sp³-hybridized carbons (Fsp3) is 0.545. The predicted octanol–water partition coefficient (Wildman–Crippen LogP) is 5.97. The van der Waals surface area contributed by atoms with Crippen LogP contribution in [0.3, 0.4) is 0 Å². The first kappa shape index (κ1) is 29.1. The lowest BCUT2D eigenvalue weighted by Gasteiger charge is -2.61. The highest BCUT2D eigenvalue weighted by Crippen LogP contribution is 2.61. The van der Waals surface area contributed by atoms with Crippen LogP contribution in [0.15, 0.2) is 52.5 Å². The van der Waals surface area contributed by atoms with Gasteiger partial charge in [0, 0.05) is 23.8 Å². The van der Waals surface area contributed by atoms with Gasteiger partial charge < -0.3 is 15.3 Å². The molecule has 0 unspecified atom stereocenters. The zero-order chi connectivity index (χ0) is 29.8. The van der Waals surface area contributed by atoms with Gasteiger partial charge in [-0.25, -0.2) is 14.4 Å². The summed E-state index contributed by atoms with van der Waals surface area (Å²) in [7, 11) is 0. The van der Waals surface area contributed by atoms with Crippen molar-refractivity contribution in [2.75, 3.05) is 18.5 Å². The predicted molar refractivity (Wildman–Crippen MR) is 166 cm³/mol. The second kappa shape index (κ2) is 11.3. The highest BCUT2D eigenvalue weighted by molar-refractivity contribution is 6.30. The van der Waals surface area contributed by atoms with Crippen LogP contribution in [0.4, 0.5) is 10.1 Å². The van der Waals surface area contributed by atoms with Crippen LogP contribution in [0.1, 0.15) is 52.5 Å². The number of aliphatic hydroxyl groups is 1. The third kappa shape index (κ3) is 5.21. The van der Waals surface area contributed by atoms with Gasteiger partial charge in [0.1, 0.15) is 5.82 Å². The molecule has 2 bridgehead atoms. The molecular weight excluding hydrogens is 553 g/mol. The zero-order valence-corrected chi connectivity index (χ0v) is 25.6. The average molecular weight is 594 g/mol. The van der Waals surface area contributed by atoms with Crippen LogP contribution < -0.4 is 10.9 Å². The largest absolute Gasteiger partial charge is 0.394 e. The molecule has 0 spiro atoms. The average Bonchev–Trinajstić information content (AvgIpc) is 3.34. The summed E-state index contributed by atoms with van der Waals surface area (Å²) >= 11 is 5.87. The first-order valence-corrected chi connectivity index (χ1v) is 15.6. The van der Waals surface area contributed by atoms with E-state index in [0.717, 1.165) is 31.0 Å². The second-order valence-electron chi connectivity index (χ2n) is 13.3. The minimum atomic E-state index is -0.378. The number of guanidine groups is 1. The maximum absolute atomic E-state index is 14.2. The molecule has 3 aromatic rings. The number of halogens is 2. The summed E-state index contributed by atoms with van der Waals surface area (Å²) in [5.74, 6) is 2.66. The first-order valence-electron chi connectivity index (χ1n) is 15.2. The van der Waals surface area contributed by atoms with E-state index in [1.807, 2.05) is 12.1 Å². The van der Waals surface area contributed by atoms with E-state index in [2.05, 4.69) is 42.9 Å². The van der Waals surface area contributed by atoms with Crippen LogP contribution in [0.5, 0.6) is 0 Å². The fourth-order valence-corrected chi connectivity index (χ4v) is 7.83. The molecule has 3 saturated carbocycles. The summed E-state index contributed by atoms with van der Waals surface area (Å²) in [4.78, 5) is 25.4. The number of aliphatic hydroxyl groups excluding tert-OH is 1. The first-order chi connectivity index (χ1) is 20.1. The number of hydrogen-bond acceptors (Lipinski definition) is 4. The van der Waals surface area contributed by atoms with Crippen LogP contribution >= 0.6 is 11.6 Å². The molecule has 1 saturated heterocycles. The van der Waals surface area contributed by atoms with Crippen molar-refractivity contribution < 1.29 is 9.50 Å². The Labute approximate surface area is 251 Å². The Morgan fingerprint density at radius 3 is 2.74 bits per heavy atom. The zero-order valence-electron chi connectivity index (χ0n) is 24.9. The second-order valence-corrected chi connectivity index (χ2v) is 13.7. The van der Waals surface area contributed by atoms with Gasteiger partial charge in [-0.3, -0.25) is 9.36 Å². The van der Waals surface area contributed by atoms with Gasteiger partial charge in [0.25, 0.3) is 5.56 Å². The Kier molecular flexibility index (Phi) is 7.81. The molecular formula is C33H41ClFN5O2. The standard InChI is InChI=1S/C33H41ClFN5O2/c1-19-9-12-40(30(19)17-41)32(38-28-14-22-13-26(20(28)2)33(22,3)4)37-24-7-8-25-29(16-24)36-18-39(31(25)42)11-10-21-5-6-23(34)15-27(21)35/h5-8,15-16,18-20,22,26,28,30,41H,9-14,17H2,1-4H3,(H,37,38)/t19-,20-,22-,26+,28-,30+/m0/s1. The summed E-state index contributed by atoms with van der Waals surface area (Å²) in [5, 5.41) is 14.7. The number of fused-ring (bicyclic) bond motifs is 3. The number of hydrogen-bond donors (Lipinski definition) is 2. The van der Waals surface area contributed by atoms with Crippen molar-refractivity contribution in [2.24, 2.45) is 34.1 Å². The van der Waals surface area contributed by atoms with E-state index in [1.54, 1.807) is 18.2 Å². The van der Waals surface area contributed by atoms with Crippen molar-refractivity contribution in [1.82, 2.24) is 14.5 Å². The Hall–Kier alpha value is -2.97. The molecule has 224 valence electrons. The molecule has 2 aromatic carbocycles. The van der Waals surface area contributed by atoms with Gasteiger partial charge in [-0.2, -0.15) is 0 Å². The van der Waals surface area contributed by atoms with E-state index in [-0.39, 0.29) is 30.1 Å². The quantitative estimate of drug-likeness (QED) is 0.272. The summed E-state index contributed by atoms with van der Waals surface area (Å²) in [6.07, 6.45) is 5.27. The SMILES string of the molecule is C[C@@H]1[C@@H](/N=C(/Nc2ccc3c(=O)n(CCc4ccc(Cl)cc4F)cnc3c2)N2CC[C@H](C)[C@H]2CO)C[C@@H]2C[C@H]1C2(C)C. The number of nitrogens with zero attached hydrogens (tertiary/aromatic N) is 4. The third-order valence-electron chi connectivity index (χ3n) is 10.7. The maximum Gasteiger partial charge on any atom is 0.261 e. The summed E-state index contributed by atoms with van der Waals surface area (Å²) in [6, 6.07) is 10.4. The highest BCUT2D eigenvalue weighted by atomic mass is 35.5. The van der Waals surface area contributed by atoms with Gasteiger partial charge in [-0.15, -0.1) is 0 Å². The van der Waals surface area contributed by atoms with E-state index in [9.17, 15) is 14.3 Å². The molecule has 42 heavy (non-hydrogen) atoms. The van der Waals surface area contributed by atoms with Crippen molar-refractivity contribution in [2.45, 2.75) is 72.0 Å². The van der Waals surface area contributed by atoms with E-state index >= 15 is 0 Å². The number of aryl methyl sites for hydroxylation is 2. The van der Waals surface area contributed by atoms with E-state index in [1.165, 1.54) is 23.4 Å². The molecule has 4 aliphatic rings. The molecule has 1 aromatic heterocycles. The number of aromatic nitrogens is 2. The van der Waals surface area contributed by atoms with Crippen LogP contribution in [0.2, 0.25) is 5.02 Å². The number of aliphatic imine (C=N–C) groups is 1. The van der Waals surface area contributed by atoms with Crippen LogP contribution in [0.25, 0.3) is 10.9 Å². The summed E-state index contributed by atoms with van der Waals surface area (Å²) < 4.78 is 15.8. The molecule has 3 aliphatic carbocycles. The minimum absolute atomic E-state index is 0.0115. The van der Waals surface area contributed by atoms with Gasteiger partial charge in [-0.1, -0.05) is 45.4 Å². The molecule has 4 fully saturated rings. The van der Waals surface area contributed by atoms with E-state index < -0.39 is 0 Å². The molecule has 6 atom stereocenters. The van der Waals surface area contributed by atoms with Gasteiger partial charge >= 0.3 is 0 Å². The Morgan fingerprint density at radius 2 is 2.02 bits per heavy atom. The lowest BCUT2D eigenvalue weighted by Crippen LogP contribution is -2.56. The van der Waals surface area contributed by atoms with Crippen LogP contribution in [0, 0.1) is 34.9 Å². The topological polar surface area (TPSA) is 82.8 Å². The van der Waals surface area contributed by atoms with Crippen LogP contribution in [-0.2, 0) is 13.0 Å². The lowest BCUT2D eigenvalue weighted by atomic mass is 9.45. The monoisotopic (exact) mass is 593 g/mol. The molecule has 0 amide bonds. The maximum atomic E-state index is 14.2. The van der Waals surface area contributed by atoms with Gasteiger partial charge in [0.2, 0.25) is 0 Å². The molecule has 0 radical (unpaired) electrons. The molecule has 7 rings (SSSR count). The van der Waals surface area contributed by atoms with E-state index in [4.69, 9.17) is 16.6 Å². The van der Waals surface area contributed by atoms with Crippen molar-refractivity contribution in [3.05, 3.63) is 69.5 Å². The Morgan fingerprint density at radius 1 is 1.21 bits per heavy atom. The molecule has 7 nitrogen and oxygen atoms in total. The number of rotatable bonds is 6. The van der Waals surface area contributed by atoms with Gasteiger partial charge in [-0.05, 0) is 90.7 Å². The smallest absolute Gasteiger partial charge is 0.261 e. The molecule has 2 N–H and O–H groups in total. The minimum Gasteiger partial charge on any atom is -0.394 e. The van der Waals surface area contributed by atoms with Crippen molar-refractivity contribution in [1.29, 1.82) is 0 Å². The molecule has 1 aliphatic heterocycles. The van der Waals surface area contributed by atoms with Gasteiger partial charge in [0.05, 0.1) is 35.9 Å². The fourth-order valence-electron chi connectivity index (χ4n) is 7.67. The Balaban J connectivity index is 1.25. The lowest BCUT2D eigenvalue weighted by molar-refractivity contribution is -0.108. The summed E-state index contributed by atoms with van der Waals surface area (Å²) in [6.45, 7) is 10.6. The Bertz CT molecular complexity index is 1570. The highest BCUT2D eigenvalue weighted by Gasteiger charge is 2.56. The van der Waals surface area contributed by atoms with Crippen molar-refractivity contribution in [3.63, 3.8) is 0 Å². The van der Waals surface area contributed by atoms with Crippen molar-refractivity contribution in [3.8, 4) is 0 Å². The molecule has 9 heteroatoms. The number of likely N-dealkylation sites (tertiary alicyclic amines) is 1.